The summed E-state index contributed by atoms with van der Waals surface area (Å²) in [6.45, 7) is 5.09. The van der Waals surface area contributed by atoms with Gasteiger partial charge < -0.3 is 15.0 Å². The van der Waals surface area contributed by atoms with E-state index < -0.39 is 5.82 Å². The van der Waals surface area contributed by atoms with Crippen molar-refractivity contribution in [2.75, 3.05) is 45.9 Å². The fourth-order valence-electron chi connectivity index (χ4n) is 3.70. The Kier molecular flexibility index (Phi) is 5.86. The molecule has 2 N–H and O–H groups in total. The largest absolute Gasteiger partial charge is 0.379 e. The minimum absolute atomic E-state index is 0.0379. The molecule has 154 valence electrons. The SMILES string of the molecule is O=C(NCCN1CCOCC1)c1n[nH]c2c1CN(C(=O)c1ccccc1F)CC2. The zero-order chi connectivity index (χ0) is 20.2. The molecular weight excluding hydrogens is 377 g/mol. The Morgan fingerprint density at radius 3 is 2.79 bits per heavy atom. The summed E-state index contributed by atoms with van der Waals surface area (Å²) in [6.07, 6.45) is 0.545. The van der Waals surface area contributed by atoms with E-state index in [0.29, 0.717) is 44.0 Å². The average molecular weight is 401 g/mol. The van der Waals surface area contributed by atoms with Crippen LogP contribution in [0, 0.1) is 5.82 Å². The van der Waals surface area contributed by atoms with E-state index in [1.165, 1.54) is 12.1 Å². The number of carbonyl (C=O) groups is 2. The van der Waals surface area contributed by atoms with Gasteiger partial charge in [-0.3, -0.25) is 19.6 Å². The van der Waals surface area contributed by atoms with Crippen molar-refractivity contribution in [3.8, 4) is 0 Å². The number of carbonyl (C=O) groups excluding carboxylic acids is 2. The van der Waals surface area contributed by atoms with Crippen LogP contribution in [0.3, 0.4) is 0 Å². The summed E-state index contributed by atoms with van der Waals surface area (Å²) in [5, 5.41) is 9.97. The maximum Gasteiger partial charge on any atom is 0.272 e. The number of aromatic amines is 1. The topological polar surface area (TPSA) is 90.6 Å². The van der Waals surface area contributed by atoms with Gasteiger partial charge in [-0.1, -0.05) is 12.1 Å². The smallest absolute Gasteiger partial charge is 0.272 e. The summed E-state index contributed by atoms with van der Waals surface area (Å²) in [5.41, 5.74) is 1.88. The number of benzene rings is 1. The van der Waals surface area contributed by atoms with Crippen LogP contribution >= 0.6 is 0 Å². The van der Waals surface area contributed by atoms with Crippen LogP contribution in [0.25, 0.3) is 0 Å². The van der Waals surface area contributed by atoms with E-state index in [1.807, 2.05) is 0 Å². The van der Waals surface area contributed by atoms with Gasteiger partial charge in [0, 0.05) is 50.4 Å². The number of nitrogens with zero attached hydrogens (tertiary/aromatic N) is 3. The number of halogens is 1. The van der Waals surface area contributed by atoms with E-state index >= 15 is 0 Å². The lowest BCUT2D eigenvalue weighted by molar-refractivity contribution is 0.0383. The van der Waals surface area contributed by atoms with Crippen molar-refractivity contribution in [3.63, 3.8) is 0 Å². The molecule has 2 aliphatic rings. The van der Waals surface area contributed by atoms with Gasteiger partial charge in [-0.25, -0.2) is 4.39 Å². The third-order valence-electron chi connectivity index (χ3n) is 5.36. The monoisotopic (exact) mass is 401 g/mol. The second-order valence-electron chi connectivity index (χ2n) is 7.20. The van der Waals surface area contributed by atoms with Gasteiger partial charge in [0.15, 0.2) is 5.69 Å². The number of ether oxygens (including phenoxy) is 1. The number of aromatic nitrogens is 2. The van der Waals surface area contributed by atoms with Crippen LogP contribution in [0.1, 0.15) is 32.1 Å². The van der Waals surface area contributed by atoms with Crippen LogP contribution in [0.4, 0.5) is 4.39 Å². The lowest BCUT2D eigenvalue weighted by Gasteiger charge is -2.27. The predicted molar refractivity (Wildman–Crippen MR) is 103 cm³/mol. The molecule has 8 nitrogen and oxygen atoms in total. The van der Waals surface area contributed by atoms with E-state index in [9.17, 15) is 14.0 Å². The van der Waals surface area contributed by atoms with Crippen LogP contribution in [0.15, 0.2) is 24.3 Å². The maximum atomic E-state index is 14.0. The Balaban J connectivity index is 1.39. The quantitative estimate of drug-likeness (QED) is 0.774. The molecule has 1 aromatic carbocycles. The van der Waals surface area contributed by atoms with Crippen molar-refractivity contribution in [2.24, 2.45) is 0 Å². The van der Waals surface area contributed by atoms with Gasteiger partial charge in [-0.2, -0.15) is 5.10 Å². The second kappa shape index (κ2) is 8.71. The first-order chi connectivity index (χ1) is 14.1. The summed E-state index contributed by atoms with van der Waals surface area (Å²) in [7, 11) is 0. The molecule has 0 unspecified atom stereocenters. The third-order valence-corrected chi connectivity index (χ3v) is 5.36. The molecule has 9 heteroatoms. The highest BCUT2D eigenvalue weighted by atomic mass is 19.1. The van der Waals surface area contributed by atoms with Gasteiger partial charge in [0.1, 0.15) is 5.82 Å². The number of morpholine rings is 1. The van der Waals surface area contributed by atoms with E-state index in [1.54, 1.807) is 17.0 Å². The van der Waals surface area contributed by atoms with Crippen LogP contribution in [-0.2, 0) is 17.7 Å². The Hall–Kier alpha value is -2.78. The van der Waals surface area contributed by atoms with Gasteiger partial charge >= 0.3 is 0 Å². The number of fused-ring (bicyclic) bond motifs is 1. The summed E-state index contributed by atoms with van der Waals surface area (Å²) < 4.78 is 19.3. The summed E-state index contributed by atoms with van der Waals surface area (Å²) in [5.74, 6) is -1.19. The molecule has 0 aliphatic carbocycles. The normalized spacial score (nSPS) is 17.1. The van der Waals surface area contributed by atoms with Crippen molar-refractivity contribution in [1.29, 1.82) is 0 Å². The first-order valence-electron chi connectivity index (χ1n) is 9.81. The molecule has 0 atom stereocenters. The molecule has 0 bridgehead atoms. The van der Waals surface area contributed by atoms with Crippen LogP contribution in [0.2, 0.25) is 0 Å². The fraction of sp³-hybridized carbons (Fsp3) is 0.450. The minimum Gasteiger partial charge on any atom is -0.379 e. The van der Waals surface area contributed by atoms with Gasteiger partial charge in [0.25, 0.3) is 11.8 Å². The second-order valence-corrected chi connectivity index (χ2v) is 7.20. The third kappa shape index (κ3) is 4.30. The Labute approximate surface area is 168 Å². The fourth-order valence-corrected chi connectivity index (χ4v) is 3.70. The number of amides is 2. The number of rotatable bonds is 5. The molecule has 29 heavy (non-hydrogen) atoms. The summed E-state index contributed by atoms with van der Waals surface area (Å²) in [6, 6.07) is 5.93. The van der Waals surface area contributed by atoms with Crippen molar-refractivity contribution in [1.82, 2.24) is 25.3 Å². The molecule has 1 aromatic heterocycles. The highest BCUT2D eigenvalue weighted by molar-refractivity contribution is 5.96. The first-order valence-corrected chi connectivity index (χ1v) is 9.81. The van der Waals surface area contributed by atoms with Gasteiger partial charge in [-0.05, 0) is 12.1 Å². The molecule has 2 aliphatic heterocycles. The molecule has 0 spiro atoms. The summed E-state index contributed by atoms with van der Waals surface area (Å²) >= 11 is 0. The number of hydrogen-bond donors (Lipinski definition) is 2. The standard InChI is InChI=1S/C20H24FN5O3/c21-16-4-2-1-3-14(16)20(28)26-7-5-17-15(13-26)18(24-23-17)19(27)22-6-8-25-9-11-29-12-10-25/h1-4H,5-13H2,(H,22,27)(H,23,24). The zero-order valence-corrected chi connectivity index (χ0v) is 16.1. The average Bonchev–Trinajstić information content (AvgIpc) is 3.17. The van der Waals surface area contributed by atoms with Crippen LogP contribution in [0.5, 0.6) is 0 Å². The number of H-pyrrole nitrogens is 1. The van der Waals surface area contributed by atoms with E-state index in [4.69, 9.17) is 4.74 Å². The molecule has 2 aromatic rings. The van der Waals surface area contributed by atoms with E-state index in [0.717, 1.165) is 25.3 Å². The van der Waals surface area contributed by atoms with Crippen LogP contribution < -0.4 is 5.32 Å². The number of hydrogen-bond acceptors (Lipinski definition) is 5. The molecule has 1 fully saturated rings. The van der Waals surface area contributed by atoms with Gasteiger partial charge in [0.05, 0.1) is 25.3 Å². The highest BCUT2D eigenvalue weighted by Gasteiger charge is 2.29. The Bertz CT molecular complexity index is 894. The number of nitrogens with one attached hydrogen (secondary N) is 2. The minimum atomic E-state index is -0.545. The summed E-state index contributed by atoms with van der Waals surface area (Å²) in [4.78, 5) is 29.1. The zero-order valence-electron chi connectivity index (χ0n) is 16.1. The molecule has 2 amide bonds. The molecule has 0 saturated carbocycles. The predicted octanol–water partition coefficient (Wildman–Crippen LogP) is 0.809. The van der Waals surface area contributed by atoms with Crippen molar-refractivity contribution in [3.05, 3.63) is 52.6 Å². The van der Waals surface area contributed by atoms with Gasteiger partial charge in [-0.15, -0.1) is 0 Å². The first kappa shape index (κ1) is 19.5. The lowest BCUT2D eigenvalue weighted by Crippen LogP contribution is -2.41. The molecule has 0 radical (unpaired) electrons. The van der Waals surface area contributed by atoms with Crippen molar-refractivity contribution < 1.29 is 18.7 Å². The van der Waals surface area contributed by atoms with Crippen molar-refractivity contribution in [2.45, 2.75) is 13.0 Å². The lowest BCUT2D eigenvalue weighted by atomic mass is 10.0. The Morgan fingerprint density at radius 1 is 1.21 bits per heavy atom. The molecular formula is C20H24FN5O3. The van der Waals surface area contributed by atoms with E-state index in [2.05, 4.69) is 20.4 Å². The molecule has 3 heterocycles. The van der Waals surface area contributed by atoms with Crippen LogP contribution in [-0.4, -0.2) is 77.7 Å². The molecule has 1 saturated heterocycles. The van der Waals surface area contributed by atoms with Gasteiger partial charge in [0.2, 0.25) is 0 Å². The maximum absolute atomic E-state index is 14.0. The van der Waals surface area contributed by atoms with E-state index in [-0.39, 0.29) is 23.9 Å². The Morgan fingerprint density at radius 2 is 2.00 bits per heavy atom. The molecule has 4 rings (SSSR count). The highest BCUT2D eigenvalue weighted by Crippen LogP contribution is 2.22. The van der Waals surface area contributed by atoms with Crippen molar-refractivity contribution >= 4 is 11.8 Å².